The Morgan fingerprint density at radius 1 is 1.07 bits per heavy atom. The molecule has 0 saturated heterocycles. The van der Waals surface area contributed by atoms with Crippen LogP contribution >= 0.6 is 0 Å². The third kappa shape index (κ3) is 4.43. The summed E-state index contributed by atoms with van der Waals surface area (Å²) in [4.78, 5) is 12.8. The molecule has 1 amide bonds. The van der Waals surface area contributed by atoms with E-state index >= 15 is 0 Å². The minimum Gasteiger partial charge on any atom is -0.467 e. The fourth-order valence-corrected chi connectivity index (χ4v) is 4.36. The summed E-state index contributed by atoms with van der Waals surface area (Å²) in [6.07, 6.45) is 1.52. The van der Waals surface area contributed by atoms with Gasteiger partial charge in [-0.15, -0.1) is 0 Å². The van der Waals surface area contributed by atoms with E-state index in [1.807, 2.05) is 13.0 Å². The lowest BCUT2D eigenvalue weighted by Crippen LogP contribution is -2.41. The van der Waals surface area contributed by atoms with E-state index in [1.165, 1.54) is 12.3 Å². The molecule has 0 aliphatic heterocycles. The van der Waals surface area contributed by atoms with Gasteiger partial charge in [0.05, 0.1) is 22.9 Å². The van der Waals surface area contributed by atoms with Crippen LogP contribution in [0.5, 0.6) is 0 Å². The molecule has 2 aromatic carbocycles. The van der Waals surface area contributed by atoms with Gasteiger partial charge in [0.1, 0.15) is 12.3 Å². The summed E-state index contributed by atoms with van der Waals surface area (Å²) in [5, 5.41) is 2.78. The van der Waals surface area contributed by atoms with E-state index < -0.39 is 15.9 Å². The van der Waals surface area contributed by atoms with Gasteiger partial charge in [0.2, 0.25) is 5.91 Å². The Morgan fingerprint density at radius 2 is 1.82 bits per heavy atom. The van der Waals surface area contributed by atoms with Crippen LogP contribution in [0.4, 0.5) is 5.69 Å². The molecule has 1 atom stereocenters. The second kappa shape index (κ2) is 8.31. The van der Waals surface area contributed by atoms with Gasteiger partial charge in [0.25, 0.3) is 10.0 Å². The Kier molecular flexibility index (Phi) is 5.84. The summed E-state index contributed by atoms with van der Waals surface area (Å²) < 4.78 is 32.9. The summed E-state index contributed by atoms with van der Waals surface area (Å²) >= 11 is 0. The van der Waals surface area contributed by atoms with Crippen molar-refractivity contribution >= 4 is 21.6 Å². The molecule has 1 heterocycles. The zero-order valence-corrected chi connectivity index (χ0v) is 16.5. The number of sulfonamides is 1. The van der Waals surface area contributed by atoms with Crippen molar-refractivity contribution < 1.29 is 17.6 Å². The number of hydrogen-bond acceptors (Lipinski definition) is 4. The van der Waals surface area contributed by atoms with E-state index in [0.717, 1.165) is 9.87 Å². The minimum absolute atomic E-state index is 0.142. The molecule has 1 unspecified atom stereocenters. The maximum absolute atomic E-state index is 13.3. The number of rotatable bonds is 7. The summed E-state index contributed by atoms with van der Waals surface area (Å²) in [6.45, 7) is 3.26. The highest BCUT2D eigenvalue weighted by Gasteiger charge is 2.27. The van der Waals surface area contributed by atoms with Crippen molar-refractivity contribution in [3.05, 3.63) is 84.3 Å². The van der Waals surface area contributed by atoms with Gasteiger partial charge in [-0.3, -0.25) is 9.10 Å². The van der Waals surface area contributed by atoms with Gasteiger partial charge in [-0.05, 0) is 55.8 Å². The summed E-state index contributed by atoms with van der Waals surface area (Å²) in [5.41, 5.74) is 1.25. The predicted octanol–water partition coefficient (Wildman–Crippen LogP) is 3.66. The van der Waals surface area contributed by atoms with E-state index in [4.69, 9.17) is 4.42 Å². The van der Waals surface area contributed by atoms with Crippen molar-refractivity contribution in [1.29, 1.82) is 0 Å². The van der Waals surface area contributed by atoms with Crippen LogP contribution in [0.1, 0.15) is 24.3 Å². The molecular formula is C21H22N2O4S. The molecule has 146 valence electrons. The molecular weight excluding hydrogens is 376 g/mol. The Hall–Kier alpha value is -3.06. The number of benzene rings is 2. The standard InChI is InChI=1S/C21H22N2O4S/c1-16-8-6-11-19(14-16)28(25,26)23(18-9-4-3-5-10-18)15-21(24)22-17(2)20-12-7-13-27-20/h3-14,17H,15H2,1-2H3,(H,22,24). The van der Waals surface area contributed by atoms with Crippen LogP contribution in [0.2, 0.25) is 0 Å². The van der Waals surface area contributed by atoms with Crippen LogP contribution in [-0.2, 0) is 14.8 Å². The number of nitrogens with zero attached hydrogens (tertiary/aromatic N) is 1. The Bertz CT molecular complexity index is 1030. The van der Waals surface area contributed by atoms with Crippen LogP contribution in [0, 0.1) is 6.92 Å². The third-order valence-electron chi connectivity index (χ3n) is 4.26. The SMILES string of the molecule is Cc1cccc(S(=O)(=O)N(CC(=O)NC(C)c2ccco2)c2ccccc2)c1. The summed E-state index contributed by atoms with van der Waals surface area (Å²) in [5.74, 6) is 0.171. The highest BCUT2D eigenvalue weighted by Crippen LogP contribution is 2.24. The smallest absolute Gasteiger partial charge is 0.264 e. The first-order valence-electron chi connectivity index (χ1n) is 8.85. The molecule has 0 saturated carbocycles. The molecule has 28 heavy (non-hydrogen) atoms. The zero-order valence-electron chi connectivity index (χ0n) is 15.7. The van der Waals surface area contributed by atoms with Gasteiger partial charge in [-0.2, -0.15) is 0 Å². The van der Waals surface area contributed by atoms with Crippen molar-refractivity contribution in [2.24, 2.45) is 0 Å². The highest BCUT2D eigenvalue weighted by atomic mass is 32.2. The molecule has 0 aliphatic carbocycles. The predicted molar refractivity (Wildman–Crippen MR) is 107 cm³/mol. The van der Waals surface area contributed by atoms with Gasteiger partial charge in [0.15, 0.2) is 0 Å². The van der Waals surface area contributed by atoms with Gasteiger partial charge < -0.3 is 9.73 Å². The normalized spacial score (nSPS) is 12.4. The Morgan fingerprint density at radius 3 is 2.46 bits per heavy atom. The maximum Gasteiger partial charge on any atom is 0.264 e. The van der Waals surface area contributed by atoms with Crippen LogP contribution < -0.4 is 9.62 Å². The molecule has 3 aromatic rings. The molecule has 3 rings (SSSR count). The van der Waals surface area contributed by atoms with Gasteiger partial charge >= 0.3 is 0 Å². The number of carbonyl (C=O) groups is 1. The Balaban J connectivity index is 1.89. The van der Waals surface area contributed by atoms with Gasteiger partial charge in [0, 0.05) is 0 Å². The first-order chi connectivity index (χ1) is 13.4. The number of carbonyl (C=O) groups excluding carboxylic acids is 1. The molecule has 6 nitrogen and oxygen atoms in total. The monoisotopic (exact) mass is 398 g/mol. The molecule has 0 aliphatic rings. The molecule has 1 N–H and O–H groups in total. The first-order valence-corrected chi connectivity index (χ1v) is 10.3. The number of nitrogens with one attached hydrogen (secondary N) is 1. The number of aryl methyl sites for hydroxylation is 1. The van der Waals surface area contributed by atoms with E-state index in [1.54, 1.807) is 61.5 Å². The first kappa shape index (κ1) is 19.7. The minimum atomic E-state index is -3.91. The third-order valence-corrected chi connectivity index (χ3v) is 6.03. The van der Waals surface area contributed by atoms with Crippen LogP contribution in [-0.4, -0.2) is 20.9 Å². The van der Waals surface area contributed by atoms with Crippen LogP contribution in [0.25, 0.3) is 0 Å². The average Bonchev–Trinajstić information content (AvgIpc) is 3.22. The number of para-hydroxylation sites is 1. The van der Waals surface area contributed by atoms with Crippen molar-refractivity contribution in [1.82, 2.24) is 5.32 Å². The molecule has 7 heteroatoms. The highest BCUT2D eigenvalue weighted by molar-refractivity contribution is 7.92. The second-order valence-electron chi connectivity index (χ2n) is 6.47. The van der Waals surface area contributed by atoms with Gasteiger partial charge in [-0.25, -0.2) is 8.42 Å². The van der Waals surface area contributed by atoms with E-state index in [9.17, 15) is 13.2 Å². The van der Waals surface area contributed by atoms with Gasteiger partial charge in [-0.1, -0.05) is 30.3 Å². The fraction of sp³-hybridized carbons (Fsp3) is 0.190. The zero-order chi connectivity index (χ0) is 20.1. The second-order valence-corrected chi connectivity index (χ2v) is 8.33. The fourth-order valence-electron chi connectivity index (χ4n) is 2.84. The average molecular weight is 398 g/mol. The van der Waals surface area contributed by atoms with Crippen molar-refractivity contribution in [2.75, 3.05) is 10.8 Å². The molecule has 0 spiro atoms. The summed E-state index contributed by atoms with van der Waals surface area (Å²) in [7, 11) is -3.91. The number of furan rings is 1. The quantitative estimate of drug-likeness (QED) is 0.659. The summed E-state index contributed by atoms with van der Waals surface area (Å²) in [6, 6.07) is 18.3. The lowest BCUT2D eigenvalue weighted by atomic mass is 10.2. The topological polar surface area (TPSA) is 79.6 Å². The number of anilines is 1. The van der Waals surface area contributed by atoms with Crippen molar-refractivity contribution in [3.63, 3.8) is 0 Å². The Labute approximate surface area is 164 Å². The van der Waals surface area contributed by atoms with Crippen LogP contribution in [0.15, 0.2) is 82.3 Å². The molecule has 1 aromatic heterocycles. The number of hydrogen-bond donors (Lipinski definition) is 1. The molecule has 0 fully saturated rings. The lowest BCUT2D eigenvalue weighted by Gasteiger charge is -2.25. The van der Waals surface area contributed by atoms with E-state index in [2.05, 4.69) is 5.32 Å². The maximum atomic E-state index is 13.3. The molecule has 0 radical (unpaired) electrons. The molecule has 0 bridgehead atoms. The lowest BCUT2D eigenvalue weighted by molar-refractivity contribution is -0.120. The van der Waals surface area contributed by atoms with E-state index in [0.29, 0.717) is 11.4 Å². The van der Waals surface area contributed by atoms with E-state index in [-0.39, 0.29) is 17.5 Å². The van der Waals surface area contributed by atoms with Crippen molar-refractivity contribution in [2.45, 2.75) is 24.8 Å². The number of amides is 1. The van der Waals surface area contributed by atoms with Crippen molar-refractivity contribution in [3.8, 4) is 0 Å². The largest absolute Gasteiger partial charge is 0.467 e. The van der Waals surface area contributed by atoms with Crippen LogP contribution in [0.3, 0.4) is 0 Å².